The Hall–Kier alpha value is -0.230. The van der Waals surface area contributed by atoms with Crippen molar-refractivity contribution in [1.82, 2.24) is 0 Å². The minimum atomic E-state index is -5.01. The van der Waals surface area contributed by atoms with Crippen LogP contribution in [-0.2, 0) is 29.2 Å². The second kappa shape index (κ2) is 21.6. The molecule has 3 N–H and O–H groups in total. The monoisotopic (exact) mass is 477 g/mol. The maximum atomic E-state index is 12.1. The van der Waals surface area contributed by atoms with Crippen molar-refractivity contribution in [2.45, 2.75) is 90.7 Å². The maximum Gasteiger partial charge on any atom is 1.00 e. The Balaban J connectivity index is -0.00000253. The van der Waals surface area contributed by atoms with E-state index in [1.807, 2.05) is 13.8 Å². The molecule has 0 spiro atoms. The zero-order valence-electron chi connectivity index (χ0n) is 19.8. The standard InChI is InChI=1S/C20H38O7S.H3NO.Na/c1-5-9-11-16(7-3)14-26-19(21)13-18(28(23,24)25)20(22)27-15-17(8-4)12-10-6-2;1-2;/h16-18H,5-15H2,1-4H3,(H,23,24,25);2H,1H2;/q;;+1/p-1. The predicted molar refractivity (Wildman–Crippen MR) is 113 cm³/mol. The first-order valence-electron chi connectivity index (χ1n) is 10.7. The van der Waals surface area contributed by atoms with E-state index in [9.17, 15) is 22.6 Å². The summed E-state index contributed by atoms with van der Waals surface area (Å²) < 4.78 is 44.6. The van der Waals surface area contributed by atoms with Crippen molar-refractivity contribution >= 4 is 22.1 Å². The molecule has 3 unspecified atom stereocenters. The number of nitrogens with two attached hydrogens (primary N) is 1. The zero-order valence-corrected chi connectivity index (χ0v) is 22.6. The summed E-state index contributed by atoms with van der Waals surface area (Å²) in [6.07, 6.45) is 6.58. The van der Waals surface area contributed by atoms with Crippen molar-refractivity contribution in [2.24, 2.45) is 17.7 Å². The molecule has 3 atom stereocenters. The molecule has 9 nitrogen and oxygen atoms in total. The third kappa shape index (κ3) is 17.9. The Morgan fingerprint density at radius 3 is 1.68 bits per heavy atom. The fourth-order valence-electron chi connectivity index (χ4n) is 2.81. The van der Waals surface area contributed by atoms with Crippen molar-refractivity contribution in [3.05, 3.63) is 0 Å². The van der Waals surface area contributed by atoms with Crippen LogP contribution >= 0.6 is 0 Å². The fraction of sp³-hybridized carbons (Fsp3) is 0.900. The van der Waals surface area contributed by atoms with Gasteiger partial charge in [-0.15, -0.1) is 0 Å². The van der Waals surface area contributed by atoms with E-state index in [1.54, 1.807) is 0 Å². The molecular weight excluding hydrogens is 437 g/mol. The van der Waals surface area contributed by atoms with Gasteiger partial charge in [-0.05, 0) is 24.7 Å². The van der Waals surface area contributed by atoms with Gasteiger partial charge in [0.25, 0.3) is 0 Å². The first-order chi connectivity index (χ1) is 14.2. The Kier molecular flexibility index (Phi) is 24.6. The summed E-state index contributed by atoms with van der Waals surface area (Å²) in [5.74, 6) is 1.76. The molecule has 0 radical (unpaired) electrons. The number of esters is 2. The molecule has 0 heterocycles. The number of hydrogen-bond acceptors (Lipinski definition) is 9. The van der Waals surface area contributed by atoms with Gasteiger partial charge in [0, 0.05) is 0 Å². The minimum Gasteiger partial charge on any atom is -0.747 e. The van der Waals surface area contributed by atoms with Crippen LogP contribution in [-0.4, -0.2) is 48.6 Å². The molecule has 0 aromatic heterocycles. The van der Waals surface area contributed by atoms with Crippen LogP contribution in [0.1, 0.15) is 85.5 Å². The van der Waals surface area contributed by atoms with Crippen molar-refractivity contribution in [3.63, 3.8) is 0 Å². The molecule has 0 saturated heterocycles. The van der Waals surface area contributed by atoms with Gasteiger partial charge in [-0.1, -0.05) is 66.2 Å². The van der Waals surface area contributed by atoms with Gasteiger partial charge < -0.3 is 19.2 Å². The van der Waals surface area contributed by atoms with Gasteiger partial charge in [-0.2, -0.15) is 0 Å². The minimum absolute atomic E-state index is 0. The molecule has 0 aliphatic carbocycles. The average Bonchev–Trinajstić information content (AvgIpc) is 2.72. The van der Waals surface area contributed by atoms with Crippen LogP contribution in [0.15, 0.2) is 0 Å². The number of carbonyl (C=O) groups is 2. The first-order valence-corrected chi connectivity index (χ1v) is 12.2. The number of hydrogen-bond donors (Lipinski definition) is 2. The molecule has 0 aromatic rings. The van der Waals surface area contributed by atoms with Crippen molar-refractivity contribution in [2.75, 3.05) is 13.2 Å². The summed E-state index contributed by atoms with van der Waals surface area (Å²) in [6.45, 7) is 8.26. The van der Waals surface area contributed by atoms with Crippen molar-refractivity contribution in [3.8, 4) is 0 Å². The Labute approximate surface area is 209 Å². The maximum absolute atomic E-state index is 12.1. The molecule has 0 saturated carbocycles. The summed E-state index contributed by atoms with van der Waals surface area (Å²) in [6, 6.07) is 0. The average molecular weight is 478 g/mol. The van der Waals surface area contributed by atoms with Crippen LogP contribution in [0.4, 0.5) is 0 Å². The number of carbonyl (C=O) groups excluding carboxylic acids is 2. The smallest absolute Gasteiger partial charge is 0.747 e. The summed E-state index contributed by atoms with van der Waals surface area (Å²) in [4.78, 5) is 24.1. The van der Waals surface area contributed by atoms with E-state index in [2.05, 4.69) is 19.7 Å². The summed E-state index contributed by atoms with van der Waals surface area (Å²) in [7, 11) is -5.01. The summed E-state index contributed by atoms with van der Waals surface area (Å²) in [5, 5.41) is 4.44. The first kappa shape index (κ1) is 35.4. The van der Waals surface area contributed by atoms with E-state index in [0.29, 0.717) is 0 Å². The third-order valence-electron chi connectivity index (χ3n) is 4.99. The second-order valence-corrected chi connectivity index (χ2v) is 8.89. The largest absolute Gasteiger partial charge is 1.00 e. The van der Waals surface area contributed by atoms with Gasteiger partial charge in [-0.25, -0.2) is 14.3 Å². The van der Waals surface area contributed by atoms with Gasteiger partial charge in [0.15, 0.2) is 5.25 Å². The van der Waals surface area contributed by atoms with Crippen LogP contribution in [0, 0.1) is 11.8 Å². The van der Waals surface area contributed by atoms with Gasteiger partial charge >= 0.3 is 41.5 Å². The normalized spacial score (nSPS) is 13.6. The molecule has 11 heteroatoms. The van der Waals surface area contributed by atoms with Crippen LogP contribution in [0.25, 0.3) is 0 Å². The molecule has 31 heavy (non-hydrogen) atoms. The van der Waals surface area contributed by atoms with Gasteiger partial charge in [0.05, 0.1) is 19.6 Å². The summed E-state index contributed by atoms with van der Waals surface area (Å²) in [5.41, 5.74) is 0. The SMILES string of the molecule is CCCCC(CC)COC(=O)CC(C(=O)OCC(CC)CCCC)S(=O)(=O)[O-].NO.[Na+]. The quantitative estimate of drug-likeness (QED) is 0.137. The molecule has 0 fully saturated rings. The zero-order chi connectivity index (χ0) is 23.6. The van der Waals surface area contributed by atoms with Crippen molar-refractivity contribution < 1.29 is 66.8 Å². The van der Waals surface area contributed by atoms with Gasteiger partial charge in [-0.3, -0.25) is 9.59 Å². The van der Waals surface area contributed by atoms with E-state index in [4.69, 9.17) is 14.7 Å². The van der Waals surface area contributed by atoms with E-state index in [-0.39, 0.29) is 54.6 Å². The Morgan fingerprint density at radius 1 is 0.903 bits per heavy atom. The molecule has 0 aromatic carbocycles. The fourth-order valence-corrected chi connectivity index (χ4v) is 3.46. The van der Waals surface area contributed by atoms with Crippen molar-refractivity contribution in [1.29, 1.82) is 0 Å². The third-order valence-corrected chi connectivity index (χ3v) is 6.05. The molecular formula is C20H40NNaO8S. The molecule has 0 bridgehead atoms. The Bertz CT molecular complexity index is 559. The van der Waals surface area contributed by atoms with E-state index < -0.39 is 33.7 Å². The summed E-state index contributed by atoms with van der Waals surface area (Å²) >= 11 is 0. The van der Waals surface area contributed by atoms with E-state index >= 15 is 0 Å². The second-order valence-electron chi connectivity index (χ2n) is 7.33. The van der Waals surface area contributed by atoms with E-state index in [0.717, 1.165) is 51.4 Å². The predicted octanol–water partition coefficient (Wildman–Crippen LogP) is 0.148. The van der Waals surface area contributed by atoms with Gasteiger partial charge in [0.2, 0.25) is 0 Å². The molecule has 0 aliphatic rings. The van der Waals surface area contributed by atoms with Crippen LogP contribution in [0.2, 0.25) is 0 Å². The molecule has 180 valence electrons. The number of ether oxygens (including phenoxy) is 2. The molecule has 0 amide bonds. The van der Waals surface area contributed by atoms with Crippen LogP contribution < -0.4 is 35.5 Å². The van der Waals surface area contributed by atoms with Crippen LogP contribution in [0.5, 0.6) is 0 Å². The van der Waals surface area contributed by atoms with Crippen LogP contribution in [0.3, 0.4) is 0 Å². The number of unbranched alkanes of at least 4 members (excludes halogenated alkanes) is 2. The van der Waals surface area contributed by atoms with E-state index in [1.165, 1.54) is 0 Å². The molecule has 0 rings (SSSR count). The Morgan fingerprint density at radius 2 is 1.32 bits per heavy atom. The number of rotatable bonds is 16. The topological polar surface area (TPSA) is 156 Å². The molecule has 0 aliphatic heterocycles. The van der Waals surface area contributed by atoms with Gasteiger partial charge in [0.1, 0.15) is 10.1 Å².